The number of hydrogen-bond acceptors (Lipinski definition) is 5. The highest BCUT2D eigenvalue weighted by atomic mass is 32.2. The van der Waals surface area contributed by atoms with Crippen molar-refractivity contribution in [2.24, 2.45) is 0 Å². The first-order valence-corrected chi connectivity index (χ1v) is 9.97. The highest BCUT2D eigenvalue weighted by molar-refractivity contribution is 7.89. The molecule has 0 amide bonds. The Bertz CT molecular complexity index is 916. The first-order valence-electron chi connectivity index (χ1n) is 8.49. The molecule has 2 aromatic carbocycles. The fraction of sp³-hybridized carbons (Fsp3) is 0.368. The lowest BCUT2D eigenvalue weighted by atomic mass is 9.87. The maximum Gasteiger partial charge on any atom is 0.273 e. The molecule has 0 aliphatic heterocycles. The van der Waals surface area contributed by atoms with Gasteiger partial charge in [0.1, 0.15) is 12.4 Å². The Balaban J connectivity index is 1.94. The molecule has 0 unspecified atom stereocenters. The minimum absolute atomic E-state index is 0.0464. The molecule has 2 aromatic rings. The van der Waals surface area contributed by atoms with Crippen LogP contribution in [0.5, 0.6) is 5.75 Å². The molecule has 2 rings (SSSR count). The van der Waals surface area contributed by atoms with Gasteiger partial charge >= 0.3 is 0 Å². The van der Waals surface area contributed by atoms with E-state index in [2.05, 4.69) is 25.5 Å². The minimum Gasteiger partial charge on any atom is -0.492 e. The third kappa shape index (κ3) is 5.51. The van der Waals surface area contributed by atoms with Gasteiger partial charge in [-0.2, -0.15) is 0 Å². The molecule has 0 saturated heterocycles. The van der Waals surface area contributed by atoms with E-state index >= 15 is 0 Å². The Labute approximate surface area is 159 Å². The molecule has 1 N–H and O–H groups in total. The summed E-state index contributed by atoms with van der Waals surface area (Å²) in [7, 11) is -3.85. The molecule has 0 spiro atoms. The number of nitro benzene ring substituents is 1. The SMILES string of the molecule is Cc1ccc(S(=O)(=O)NCCOc2ccc(C(C)(C)C)cc2)cc1[N+](=O)[O-]. The van der Waals surface area contributed by atoms with Gasteiger partial charge in [0.05, 0.1) is 9.82 Å². The molecule has 0 aliphatic carbocycles. The zero-order chi connectivity index (χ0) is 20.2. The number of ether oxygens (including phenoxy) is 1. The Morgan fingerprint density at radius 3 is 2.30 bits per heavy atom. The zero-order valence-corrected chi connectivity index (χ0v) is 16.7. The van der Waals surface area contributed by atoms with Crippen molar-refractivity contribution in [2.75, 3.05) is 13.2 Å². The van der Waals surface area contributed by atoms with Crippen LogP contribution in [0.1, 0.15) is 31.9 Å². The predicted molar refractivity (Wildman–Crippen MR) is 104 cm³/mol. The van der Waals surface area contributed by atoms with Crippen molar-refractivity contribution in [1.82, 2.24) is 4.72 Å². The smallest absolute Gasteiger partial charge is 0.273 e. The third-order valence-electron chi connectivity index (χ3n) is 4.07. The van der Waals surface area contributed by atoms with Crippen LogP contribution in [0.3, 0.4) is 0 Å². The molecule has 27 heavy (non-hydrogen) atoms. The lowest BCUT2D eigenvalue weighted by Gasteiger charge is -2.19. The van der Waals surface area contributed by atoms with Crippen LogP contribution in [0.2, 0.25) is 0 Å². The van der Waals surface area contributed by atoms with Gasteiger partial charge in [-0.05, 0) is 36.1 Å². The number of nitro groups is 1. The lowest BCUT2D eigenvalue weighted by Crippen LogP contribution is -2.28. The van der Waals surface area contributed by atoms with Crippen LogP contribution < -0.4 is 9.46 Å². The van der Waals surface area contributed by atoms with Crippen molar-refractivity contribution < 1.29 is 18.1 Å². The highest BCUT2D eigenvalue weighted by Crippen LogP contribution is 2.24. The van der Waals surface area contributed by atoms with Gasteiger partial charge in [0, 0.05) is 18.2 Å². The van der Waals surface area contributed by atoms with Gasteiger partial charge in [0.25, 0.3) is 5.69 Å². The van der Waals surface area contributed by atoms with Gasteiger partial charge in [0.2, 0.25) is 10.0 Å². The number of hydrogen-bond donors (Lipinski definition) is 1. The Hall–Kier alpha value is -2.45. The molecule has 0 bridgehead atoms. The van der Waals surface area contributed by atoms with Crippen molar-refractivity contribution in [2.45, 2.75) is 38.0 Å². The first kappa shape index (κ1) is 20.9. The Morgan fingerprint density at radius 1 is 1.11 bits per heavy atom. The molecule has 8 heteroatoms. The normalized spacial score (nSPS) is 12.0. The molecule has 0 atom stereocenters. The van der Waals surface area contributed by atoms with Gasteiger partial charge < -0.3 is 4.74 Å². The second-order valence-electron chi connectivity index (χ2n) is 7.23. The van der Waals surface area contributed by atoms with Gasteiger partial charge in [-0.25, -0.2) is 13.1 Å². The van der Waals surface area contributed by atoms with Crippen molar-refractivity contribution in [3.05, 3.63) is 63.7 Å². The number of nitrogens with zero attached hydrogens (tertiary/aromatic N) is 1. The summed E-state index contributed by atoms with van der Waals surface area (Å²) in [5, 5.41) is 11.0. The third-order valence-corrected chi connectivity index (χ3v) is 5.53. The summed E-state index contributed by atoms with van der Waals surface area (Å²) in [5.41, 5.74) is 1.40. The number of rotatable bonds is 7. The summed E-state index contributed by atoms with van der Waals surface area (Å²) in [4.78, 5) is 10.2. The standard InChI is InChI=1S/C19H24N2O5S/c1-14-5-10-17(13-18(14)21(22)23)27(24,25)20-11-12-26-16-8-6-15(7-9-16)19(2,3)4/h5-10,13,20H,11-12H2,1-4H3. The number of benzene rings is 2. The first-order chi connectivity index (χ1) is 12.5. The molecular formula is C19H24N2O5S. The van der Waals surface area contributed by atoms with Crippen LogP contribution in [0, 0.1) is 17.0 Å². The maximum absolute atomic E-state index is 12.3. The Morgan fingerprint density at radius 2 is 1.74 bits per heavy atom. The summed E-state index contributed by atoms with van der Waals surface area (Å²) < 4.78 is 32.5. The number of aryl methyl sites for hydroxylation is 1. The lowest BCUT2D eigenvalue weighted by molar-refractivity contribution is -0.385. The quantitative estimate of drug-likeness (QED) is 0.441. The summed E-state index contributed by atoms with van der Waals surface area (Å²) in [6.07, 6.45) is 0. The molecule has 146 valence electrons. The van der Waals surface area contributed by atoms with E-state index in [4.69, 9.17) is 4.74 Å². The van der Waals surface area contributed by atoms with E-state index in [1.165, 1.54) is 17.7 Å². The van der Waals surface area contributed by atoms with E-state index in [1.807, 2.05) is 24.3 Å². The topological polar surface area (TPSA) is 98.5 Å². The molecule has 0 aromatic heterocycles. The van der Waals surface area contributed by atoms with E-state index in [-0.39, 0.29) is 29.1 Å². The fourth-order valence-electron chi connectivity index (χ4n) is 2.43. The van der Waals surface area contributed by atoms with E-state index in [0.29, 0.717) is 11.3 Å². The molecule has 0 fully saturated rings. The van der Waals surface area contributed by atoms with Crippen LogP contribution in [0.25, 0.3) is 0 Å². The molecule has 0 saturated carbocycles. The highest BCUT2D eigenvalue weighted by Gasteiger charge is 2.19. The van der Waals surface area contributed by atoms with Crippen molar-refractivity contribution in [3.63, 3.8) is 0 Å². The Kier molecular flexibility index (Phi) is 6.22. The minimum atomic E-state index is -3.85. The van der Waals surface area contributed by atoms with Crippen LogP contribution in [0.15, 0.2) is 47.4 Å². The van der Waals surface area contributed by atoms with Crippen molar-refractivity contribution >= 4 is 15.7 Å². The van der Waals surface area contributed by atoms with Gasteiger partial charge in [0.15, 0.2) is 0 Å². The number of sulfonamides is 1. The molecule has 7 nitrogen and oxygen atoms in total. The van der Waals surface area contributed by atoms with Crippen LogP contribution in [0.4, 0.5) is 5.69 Å². The van der Waals surface area contributed by atoms with Crippen molar-refractivity contribution in [3.8, 4) is 5.75 Å². The summed E-state index contributed by atoms with van der Waals surface area (Å²) >= 11 is 0. The molecule has 0 radical (unpaired) electrons. The predicted octanol–water partition coefficient (Wildman–Crippen LogP) is 3.56. The monoisotopic (exact) mass is 392 g/mol. The largest absolute Gasteiger partial charge is 0.492 e. The van der Waals surface area contributed by atoms with Gasteiger partial charge in [-0.3, -0.25) is 10.1 Å². The average Bonchev–Trinajstić information content (AvgIpc) is 2.58. The fourth-order valence-corrected chi connectivity index (χ4v) is 3.47. The number of nitrogens with one attached hydrogen (secondary N) is 1. The molecule has 0 heterocycles. The summed E-state index contributed by atoms with van der Waals surface area (Å²) in [6.45, 7) is 8.10. The zero-order valence-electron chi connectivity index (χ0n) is 15.9. The van der Waals surface area contributed by atoms with E-state index in [1.54, 1.807) is 6.92 Å². The van der Waals surface area contributed by atoms with Crippen molar-refractivity contribution in [1.29, 1.82) is 0 Å². The summed E-state index contributed by atoms with van der Waals surface area (Å²) in [6, 6.07) is 11.5. The molecular weight excluding hydrogens is 368 g/mol. The van der Waals surface area contributed by atoms with Crippen LogP contribution in [-0.4, -0.2) is 26.5 Å². The van der Waals surface area contributed by atoms with E-state index in [9.17, 15) is 18.5 Å². The van der Waals surface area contributed by atoms with E-state index in [0.717, 1.165) is 6.07 Å². The van der Waals surface area contributed by atoms with Crippen LogP contribution in [-0.2, 0) is 15.4 Å². The van der Waals surface area contributed by atoms with Gasteiger partial charge in [-0.1, -0.05) is 39.0 Å². The molecule has 0 aliphatic rings. The maximum atomic E-state index is 12.3. The second kappa shape index (κ2) is 8.06. The average molecular weight is 392 g/mol. The van der Waals surface area contributed by atoms with E-state index < -0.39 is 14.9 Å². The van der Waals surface area contributed by atoms with Crippen LogP contribution >= 0.6 is 0 Å². The summed E-state index contributed by atoms with van der Waals surface area (Å²) in [5.74, 6) is 0.646. The van der Waals surface area contributed by atoms with Gasteiger partial charge in [-0.15, -0.1) is 0 Å². The second-order valence-corrected chi connectivity index (χ2v) is 8.99.